The van der Waals surface area contributed by atoms with Crippen molar-refractivity contribution >= 4 is 29.4 Å². The van der Waals surface area contributed by atoms with Crippen LogP contribution in [0.4, 0.5) is 0 Å². The number of likely N-dealkylation sites (tertiary alicyclic amines) is 1. The Morgan fingerprint density at radius 1 is 0.887 bits per heavy atom. The fourth-order valence-electron chi connectivity index (χ4n) is 7.47. The normalized spacial score (nSPS) is 18.1. The number of Topliss-reactive ketones (excluding diaryl/α,β-unsaturated/α-hetero) is 2. The topological polar surface area (TPSA) is 146 Å². The lowest BCUT2D eigenvalue weighted by Crippen LogP contribution is -2.50. The highest BCUT2D eigenvalue weighted by molar-refractivity contribution is 5.92. The monoisotopic (exact) mass is 735 g/mol. The number of ether oxygens (including phenoxy) is 3. The molecule has 0 aliphatic carbocycles. The maximum atomic E-state index is 14.3. The van der Waals surface area contributed by atoms with Crippen LogP contribution in [0, 0.1) is 23.7 Å². The smallest absolute Gasteiger partial charge is 0.309 e. The van der Waals surface area contributed by atoms with E-state index in [-0.39, 0.29) is 54.6 Å². The van der Waals surface area contributed by atoms with Crippen LogP contribution in [0.5, 0.6) is 0 Å². The number of hydrogen-bond donors (Lipinski definition) is 1. The first-order valence-electron chi connectivity index (χ1n) is 18.7. The van der Waals surface area contributed by atoms with Gasteiger partial charge in [0.1, 0.15) is 5.78 Å². The summed E-state index contributed by atoms with van der Waals surface area (Å²) in [7, 11) is 6.09. The van der Waals surface area contributed by atoms with Crippen LogP contribution in [0.1, 0.15) is 83.9 Å². The van der Waals surface area contributed by atoms with E-state index in [0.717, 1.165) is 17.5 Å². The number of nitrogens with two attached hydrogens (primary N) is 1. The molecule has 53 heavy (non-hydrogen) atoms. The highest BCUT2D eigenvalue weighted by Gasteiger charge is 2.43. The van der Waals surface area contributed by atoms with Gasteiger partial charge in [-0.15, -0.1) is 0 Å². The Morgan fingerprint density at radius 3 is 2.02 bits per heavy atom. The summed E-state index contributed by atoms with van der Waals surface area (Å²) in [6.45, 7) is 9.37. The second-order valence-corrected chi connectivity index (χ2v) is 15.3. The van der Waals surface area contributed by atoms with E-state index in [1.807, 2.05) is 74.5 Å². The third-order valence-corrected chi connectivity index (χ3v) is 10.8. The van der Waals surface area contributed by atoms with E-state index in [4.69, 9.17) is 19.9 Å². The van der Waals surface area contributed by atoms with Crippen LogP contribution >= 0.6 is 0 Å². The molecule has 292 valence electrons. The summed E-state index contributed by atoms with van der Waals surface area (Å²) in [5.41, 5.74) is 6.75. The maximum Gasteiger partial charge on any atom is 0.309 e. The molecule has 7 atom stereocenters. The number of methoxy groups -OCH3 is 3. The molecular formula is C42H61N3O8. The fourth-order valence-corrected chi connectivity index (χ4v) is 7.47. The van der Waals surface area contributed by atoms with E-state index in [0.29, 0.717) is 19.4 Å². The minimum atomic E-state index is -1.08. The van der Waals surface area contributed by atoms with Gasteiger partial charge in [-0.05, 0) is 50.2 Å². The molecule has 1 fully saturated rings. The number of likely N-dealkylation sites (N-methyl/N-ethyl adjacent to an activating group) is 1. The Kier molecular flexibility index (Phi) is 16.4. The van der Waals surface area contributed by atoms with Gasteiger partial charge in [0.2, 0.25) is 11.8 Å². The molecule has 3 rings (SSSR count). The SMILES string of the molecule is COC(=O)[C@@H](CC(=O)[C@H](C)[C@@H](OC)[C@@H]1CCCN1C(=O)C[C@@H](OC)[C@H](c1ccccc1)N(C)C(=O)[C@@H](CC(=O)C(C)(C)N)C(C)C)Cc1ccccc1. The lowest BCUT2D eigenvalue weighted by Gasteiger charge is -2.38. The number of ketones is 2. The molecule has 11 nitrogen and oxygen atoms in total. The number of hydrogen-bond acceptors (Lipinski definition) is 9. The zero-order chi connectivity index (χ0) is 39.5. The summed E-state index contributed by atoms with van der Waals surface area (Å²) in [6.07, 6.45) is 0.366. The Balaban J connectivity index is 1.84. The molecule has 1 aliphatic rings. The number of nitrogens with zero attached hydrogens (tertiary/aromatic N) is 2. The highest BCUT2D eigenvalue weighted by Crippen LogP contribution is 2.34. The fraction of sp³-hybridized carbons (Fsp3) is 0.595. The van der Waals surface area contributed by atoms with Gasteiger partial charge in [0.05, 0.1) is 49.3 Å². The molecule has 2 aromatic rings. The first-order chi connectivity index (χ1) is 25.0. The predicted octanol–water partition coefficient (Wildman–Crippen LogP) is 5.19. The van der Waals surface area contributed by atoms with Crippen molar-refractivity contribution in [2.75, 3.05) is 34.9 Å². The standard InChI is InChI=1S/C42H61N3O8/c1-27(2)32(25-36(47)42(4,5)43)40(49)44(6)38(30-19-14-11-15-20-30)35(51-7)26-37(48)45-22-16-21-33(45)39(52-8)28(3)34(46)24-31(41(50)53-9)23-29-17-12-10-13-18-29/h10-15,17-20,27-28,31-33,35,38-39H,16,21-26,43H2,1-9H3/t28-,31+,32-,33-,35+,38-,39+/m0/s1. The van der Waals surface area contributed by atoms with Crippen LogP contribution in [-0.4, -0.2) is 97.9 Å². The minimum Gasteiger partial charge on any atom is -0.469 e. The molecule has 0 saturated carbocycles. The zero-order valence-corrected chi connectivity index (χ0v) is 33.1. The molecule has 0 bridgehead atoms. The average molecular weight is 736 g/mol. The Bertz CT molecular complexity index is 1510. The molecule has 2 aromatic carbocycles. The second-order valence-electron chi connectivity index (χ2n) is 15.3. The van der Waals surface area contributed by atoms with Gasteiger partial charge in [0.25, 0.3) is 0 Å². The van der Waals surface area contributed by atoms with Gasteiger partial charge in [-0.3, -0.25) is 24.0 Å². The first kappa shape index (κ1) is 43.5. The molecule has 2 N–H and O–H groups in total. The summed E-state index contributed by atoms with van der Waals surface area (Å²) < 4.78 is 17.0. The van der Waals surface area contributed by atoms with E-state index in [1.54, 1.807) is 44.7 Å². The van der Waals surface area contributed by atoms with Crippen molar-refractivity contribution in [2.45, 2.75) is 103 Å². The van der Waals surface area contributed by atoms with E-state index in [2.05, 4.69) is 0 Å². The van der Waals surface area contributed by atoms with E-state index in [9.17, 15) is 24.0 Å². The molecule has 0 unspecified atom stereocenters. The molecule has 1 heterocycles. The lowest BCUT2D eigenvalue weighted by molar-refractivity contribution is -0.149. The molecule has 1 saturated heterocycles. The van der Waals surface area contributed by atoms with E-state index >= 15 is 0 Å². The first-order valence-corrected chi connectivity index (χ1v) is 18.7. The van der Waals surface area contributed by atoms with Gasteiger partial charge in [-0.2, -0.15) is 0 Å². The molecular weight excluding hydrogens is 674 g/mol. The maximum absolute atomic E-state index is 14.3. The van der Waals surface area contributed by atoms with Crippen molar-refractivity contribution in [3.05, 3.63) is 71.8 Å². The van der Waals surface area contributed by atoms with E-state index < -0.39 is 47.5 Å². The summed E-state index contributed by atoms with van der Waals surface area (Å²) in [6, 6.07) is 17.9. The molecule has 0 aromatic heterocycles. The Labute approximate surface area is 315 Å². The van der Waals surface area contributed by atoms with Gasteiger partial charge in [0.15, 0.2) is 5.78 Å². The van der Waals surface area contributed by atoms with Crippen LogP contribution in [0.25, 0.3) is 0 Å². The van der Waals surface area contributed by atoms with Crippen LogP contribution in [0.2, 0.25) is 0 Å². The van der Waals surface area contributed by atoms with Gasteiger partial charge < -0.3 is 29.7 Å². The predicted molar refractivity (Wildman–Crippen MR) is 204 cm³/mol. The van der Waals surface area contributed by atoms with Crippen molar-refractivity contribution in [3.8, 4) is 0 Å². The number of carbonyl (C=O) groups is 5. The average Bonchev–Trinajstić information content (AvgIpc) is 3.62. The van der Waals surface area contributed by atoms with Crippen LogP contribution in [-0.2, 0) is 44.6 Å². The number of benzene rings is 2. The highest BCUT2D eigenvalue weighted by atomic mass is 16.5. The van der Waals surface area contributed by atoms with Crippen LogP contribution in [0.15, 0.2) is 60.7 Å². The van der Waals surface area contributed by atoms with Crippen LogP contribution < -0.4 is 5.73 Å². The molecule has 0 spiro atoms. The van der Waals surface area contributed by atoms with Gasteiger partial charge in [0, 0.05) is 52.5 Å². The summed E-state index contributed by atoms with van der Waals surface area (Å²) in [5.74, 6) is -3.22. The lowest BCUT2D eigenvalue weighted by atomic mass is 9.84. The van der Waals surface area contributed by atoms with Crippen molar-refractivity contribution in [3.63, 3.8) is 0 Å². The molecule has 2 amide bonds. The number of amides is 2. The summed E-state index contributed by atoms with van der Waals surface area (Å²) in [5, 5.41) is 0. The Morgan fingerprint density at radius 2 is 1.49 bits per heavy atom. The van der Waals surface area contributed by atoms with Crippen molar-refractivity contribution < 1.29 is 38.2 Å². The van der Waals surface area contributed by atoms with Crippen molar-refractivity contribution in [2.24, 2.45) is 29.4 Å². The number of carbonyl (C=O) groups excluding carboxylic acids is 5. The summed E-state index contributed by atoms with van der Waals surface area (Å²) in [4.78, 5) is 71.3. The van der Waals surface area contributed by atoms with Crippen molar-refractivity contribution in [1.82, 2.24) is 9.80 Å². The quantitative estimate of drug-likeness (QED) is 0.182. The molecule has 1 aliphatic heterocycles. The summed E-state index contributed by atoms with van der Waals surface area (Å²) >= 11 is 0. The third-order valence-electron chi connectivity index (χ3n) is 10.8. The third kappa shape index (κ3) is 11.5. The Hall–Kier alpha value is -3.93. The minimum absolute atomic E-state index is 0.000170. The van der Waals surface area contributed by atoms with Crippen molar-refractivity contribution in [1.29, 1.82) is 0 Å². The van der Waals surface area contributed by atoms with Crippen LogP contribution in [0.3, 0.4) is 0 Å². The second kappa shape index (κ2) is 19.9. The number of esters is 1. The number of rotatable bonds is 20. The van der Waals surface area contributed by atoms with Gasteiger partial charge in [-0.1, -0.05) is 81.4 Å². The van der Waals surface area contributed by atoms with E-state index in [1.165, 1.54) is 14.2 Å². The largest absolute Gasteiger partial charge is 0.469 e. The van der Waals surface area contributed by atoms with Gasteiger partial charge in [-0.25, -0.2) is 0 Å². The molecule has 0 radical (unpaired) electrons. The van der Waals surface area contributed by atoms with Gasteiger partial charge >= 0.3 is 5.97 Å². The zero-order valence-electron chi connectivity index (χ0n) is 33.1. The molecule has 11 heteroatoms.